The maximum absolute atomic E-state index is 11.8. The second-order valence-corrected chi connectivity index (χ2v) is 7.66. The first kappa shape index (κ1) is 19.7. The summed E-state index contributed by atoms with van der Waals surface area (Å²) in [5.41, 5.74) is 5.85. The average Bonchev–Trinajstić information content (AvgIpc) is 2.87. The predicted molar refractivity (Wildman–Crippen MR) is 132 cm³/mol. The molecule has 0 unspecified atom stereocenters. The Labute approximate surface area is 187 Å². The van der Waals surface area contributed by atoms with Crippen LogP contribution in [0.25, 0.3) is 44.5 Å². The first-order valence-electron chi connectivity index (χ1n) is 10.6. The van der Waals surface area contributed by atoms with Crippen LogP contribution in [0.3, 0.4) is 0 Å². The summed E-state index contributed by atoms with van der Waals surface area (Å²) in [6.07, 6.45) is 0. The van der Waals surface area contributed by atoms with Gasteiger partial charge in [0, 0.05) is 22.3 Å². The zero-order chi connectivity index (χ0) is 21.9. The molecule has 0 aromatic heterocycles. The minimum absolute atomic E-state index is 0.151. The smallest absolute Gasteiger partial charge is 0.132 e. The molecule has 154 valence electrons. The van der Waals surface area contributed by atoms with E-state index in [2.05, 4.69) is 0 Å². The van der Waals surface area contributed by atoms with Gasteiger partial charge in [-0.3, -0.25) is 0 Å². The molecule has 5 rings (SSSR count). The maximum atomic E-state index is 11.8. The molecular formula is C30H22O2. The van der Waals surface area contributed by atoms with E-state index in [0.717, 1.165) is 22.3 Å². The third kappa shape index (κ3) is 3.42. The van der Waals surface area contributed by atoms with E-state index in [9.17, 15) is 10.2 Å². The van der Waals surface area contributed by atoms with Crippen molar-refractivity contribution in [2.75, 3.05) is 0 Å². The lowest BCUT2D eigenvalue weighted by atomic mass is 9.83. The topological polar surface area (TPSA) is 40.5 Å². The van der Waals surface area contributed by atoms with E-state index < -0.39 is 0 Å². The Morgan fingerprint density at radius 2 is 0.469 bits per heavy atom. The van der Waals surface area contributed by atoms with Crippen molar-refractivity contribution in [1.29, 1.82) is 0 Å². The SMILES string of the molecule is Oc1c(-c2ccccc2)c(-c2ccccc2)c(O)c(-c2ccccc2)c1-c1ccccc1. The summed E-state index contributed by atoms with van der Waals surface area (Å²) in [5.74, 6) is 0.302. The molecule has 5 aromatic carbocycles. The normalized spacial score (nSPS) is 10.8. The Morgan fingerprint density at radius 1 is 0.281 bits per heavy atom. The molecule has 0 bridgehead atoms. The summed E-state index contributed by atoms with van der Waals surface area (Å²) in [6, 6.07) is 38.9. The number of aromatic hydroxyl groups is 2. The standard InChI is InChI=1S/C30H22O2/c31-29-25(21-13-5-1-6-14-21)26(22-15-7-2-8-16-22)30(32)28(24-19-11-4-12-20-24)27(29)23-17-9-3-10-18-23/h1-20,31-32H. The molecule has 0 saturated heterocycles. The van der Waals surface area contributed by atoms with Gasteiger partial charge >= 0.3 is 0 Å². The predicted octanol–water partition coefficient (Wildman–Crippen LogP) is 7.77. The molecule has 0 saturated carbocycles. The number of phenols is 2. The monoisotopic (exact) mass is 414 g/mol. The lowest BCUT2D eigenvalue weighted by molar-refractivity contribution is 0.467. The zero-order valence-electron chi connectivity index (χ0n) is 17.4. The van der Waals surface area contributed by atoms with Crippen LogP contribution in [0.2, 0.25) is 0 Å². The van der Waals surface area contributed by atoms with Crippen molar-refractivity contribution in [2.45, 2.75) is 0 Å². The fourth-order valence-electron chi connectivity index (χ4n) is 4.27. The highest BCUT2D eigenvalue weighted by Crippen LogP contribution is 2.55. The van der Waals surface area contributed by atoms with Gasteiger partial charge in [0.15, 0.2) is 0 Å². The molecule has 5 aromatic rings. The summed E-state index contributed by atoms with van der Waals surface area (Å²) in [7, 11) is 0. The highest BCUT2D eigenvalue weighted by molar-refractivity contribution is 6.04. The molecule has 2 nitrogen and oxygen atoms in total. The Balaban J connectivity index is 1.97. The van der Waals surface area contributed by atoms with E-state index in [0.29, 0.717) is 22.3 Å². The summed E-state index contributed by atoms with van der Waals surface area (Å²) >= 11 is 0. The van der Waals surface area contributed by atoms with E-state index >= 15 is 0 Å². The minimum atomic E-state index is 0.151. The Morgan fingerprint density at radius 3 is 0.656 bits per heavy atom. The Bertz CT molecular complexity index is 1130. The van der Waals surface area contributed by atoms with Crippen LogP contribution < -0.4 is 0 Å². The molecule has 0 aliphatic heterocycles. The van der Waals surface area contributed by atoms with E-state index in [1.54, 1.807) is 0 Å². The van der Waals surface area contributed by atoms with Gasteiger partial charge in [0.05, 0.1) is 0 Å². The maximum Gasteiger partial charge on any atom is 0.132 e. The molecular weight excluding hydrogens is 392 g/mol. The fourth-order valence-corrected chi connectivity index (χ4v) is 4.27. The molecule has 0 fully saturated rings. The van der Waals surface area contributed by atoms with Crippen LogP contribution in [0.1, 0.15) is 0 Å². The summed E-state index contributed by atoms with van der Waals surface area (Å²) in [4.78, 5) is 0. The third-order valence-corrected chi connectivity index (χ3v) is 5.70. The van der Waals surface area contributed by atoms with Crippen molar-refractivity contribution in [3.8, 4) is 56.0 Å². The van der Waals surface area contributed by atoms with Crippen molar-refractivity contribution in [3.63, 3.8) is 0 Å². The van der Waals surface area contributed by atoms with Gasteiger partial charge in [0.25, 0.3) is 0 Å². The van der Waals surface area contributed by atoms with E-state index in [1.807, 2.05) is 121 Å². The van der Waals surface area contributed by atoms with Crippen molar-refractivity contribution in [3.05, 3.63) is 121 Å². The zero-order valence-corrected chi connectivity index (χ0v) is 17.4. The molecule has 0 heterocycles. The lowest BCUT2D eigenvalue weighted by Crippen LogP contribution is -1.95. The van der Waals surface area contributed by atoms with Crippen molar-refractivity contribution in [1.82, 2.24) is 0 Å². The van der Waals surface area contributed by atoms with Gasteiger partial charge in [-0.2, -0.15) is 0 Å². The number of benzene rings is 5. The quantitative estimate of drug-likeness (QED) is 0.295. The Kier molecular flexibility index (Phi) is 5.19. The number of phenolic OH excluding ortho intramolecular Hbond substituents is 2. The highest BCUT2D eigenvalue weighted by Gasteiger charge is 2.27. The second-order valence-electron chi connectivity index (χ2n) is 7.66. The van der Waals surface area contributed by atoms with Crippen LogP contribution in [-0.4, -0.2) is 10.2 Å². The van der Waals surface area contributed by atoms with Gasteiger partial charge in [0.1, 0.15) is 11.5 Å². The third-order valence-electron chi connectivity index (χ3n) is 5.70. The highest BCUT2D eigenvalue weighted by atomic mass is 16.3. The second kappa shape index (κ2) is 8.44. The van der Waals surface area contributed by atoms with Crippen molar-refractivity contribution >= 4 is 0 Å². The van der Waals surface area contributed by atoms with Crippen LogP contribution in [0, 0.1) is 0 Å². The van der Waals surface area contributed by atoms with Gasteiger partial charge < -0.3 is 10.2 Å². The van der Waals surface area contributed by atoms with Gasteiger partial charge in [0.2, 0.25) is 0 Å². The first-order valence-corrected chi connectivity index (χ1v) is 10.6. The minimum Gasteiger partial charge on any atom is -0.507 e. The number of hydrogen-bond donors (Lipinski definition) is 2. The molecule has 0 atom stereocenters. The summed E-state index contributed by atoms with van der Waals surface area (Å²) < 4.78 is 0. The van der Waals surface area contributed by atoms with E-state index in [-0.39, 0.29) is 11.5 Å². The number of rotatable bonds is 4. The molecule has 0 aliphatic carbocycles. The largest absolute Gasteiger partial charge is 0.507 e. The van der Waals surface area contributed by atoms with Crippen LogP contribution in [0.15, 0.2) is 121 Å². The molecule has 2 N–H and O–H groups in total. The van der Waals surface area contributed by atoms with Gasteiger partial charge in [-0.05, 0) is 22.3 Å². The lowest BCUT2D eigenvalue weighted by Gasteiger charge is -2.22. The first-order chi connectivity index (χ1) is 15.8. The van der Waals surface area contributed by atoms with Crippen molar-refractivity contribution < 1.29 is 10.2 Å². The number of hydrogen-bond acceptors (Lipinski definition) is 2. The van der Waals surface area contributed by atoms with E-state index in [1.165, 1.54) is 0 Å². The molecule has 0 amide bonds. The molecule has 32 heavy (non-hydrogen) atoms. The molecule has 0 aliphatic rings. The molecule has 0 spiro atoms. The van der Waals surface area contributed by atoms with Crippen LogP contribution >= 0.6 is 0 Å². The average molecular weight is 415 g/mol. The van der Waals surface area contributed by atoms with Gasteiger partial charge in [-0.25, -0.2) is 0 Å². The Hall–Kier alpha value is -4.30. The van der Waals surface area contributed by atoms with Crippen LogP contribution in [-0.2, 0) is 0 Å². The van der Waals surface area contributed by atoms with Crippen LogP contribution in [0.5, 0.6) is 11.5 Å². The van der Waals surface area contributed by atoms with E-state index in [4.69, 9.17) is 0 Å². The molecule has 2 heteroatoms. The van der Waals surface area contributed by atoms with Gasteiger partial charge in [-0.15, -0.1) is 0 Å². The summed E-state index contributed by atoms with van der Waals surface area (Å²) in [5, 5.41) is 23.6. The van der Waals surface area contributed by atoms with Gasteiger partial charge in [-0.1, -0.05) is 121 Å². The fraction of sp³-hybridized carbons (Fsp3) is 0. The summed E-state index contributed by atoms with van der Waals surface area (Å²) in [6.45, 7) is 0. The van der Waals surface area contributed by atoms with Crippen LogP contribution in [0.4, 0.5) is 0 Å². The van der Waals surface area contributed by atoms with Crippen molar-refractivity contribution in [2.24, 2.45) is 0 Å². The molecule has 0 radical (unpaired) electrons.